The van der Waals surface area contributed by atoms with Crippen molar-refractivity contribution in [2.75, 3.05) is 37.8 Å². The number of aliphatic hydroxyl groups is 1. The van der Waals surface area contributed by atoms with Crippen molar-refractivity contribution >= 4 is 17.3 Å². The number of rotatable bonds is 2. The second kappa shape index (κ2) is 5.22. The number of hydrogen-bond donors (Lipinski definition) is 2. The molecule has 0 radical (unpaired) electrons. The zero-order valence-electron chi connectivity index (χ0n) is 12.6. The summed E-state index contributed by atoms with van der Waals surface area (Å²) in [4.78, 5) is 16.2. The van der Waals surface area contributed by atoms with Crippen LogP contribution in [0.4, 0.5) is 11.4 Å². The van der Waals surface area contributed by atoms with Gasteiger partial charge in [-0.1, -0.05) is 0 Å². The number of nitrogens with zero attached hydrogens (tertiary/aromatic N) is 2. The van der Waals surface area contributed by atoms with E-state index < -0.39 is 0 Å². The topological polar surface area (TPSA) is 69.8 Å². The van der Waals surface area contributed by atoms with Crippen molar-refractivity contribution in [3.63, 3.8) is 0 Å². The number of carbonyl (C=O) groups excluding carboxylic acids is 1. The van der Waals surface area contributed by atoms with Crippen LogP contribution < -0.4 is 10.6 Å². The van der Waals surface area contributed by atoms with Crippen molar-refractivity contribution in [1.82, 2.24) is 4.90 Å². The third-order valence-corrected chi connectivity index (χ3v) is 4.82. The van der Waals surface area contributed by atoms with Crippen molar-refractivity contribution in [2.45, 2.75) is 18.9 Å². The molecule has 3 atom stereocenters. The number of anilines is 2. The van der Waals surface area contributed by atoms with Crippen molar-refractivity contribution < 1.29 is 9.90 Å². The van der Waals surface area contributed by atoms with E-state index >= 15 is 0 Å². The molecule has 3 N–H and O–H groups in total. The van der Waals surface area contributed by atoms with Gasteiger partial charge in [-0.15, -0.1) is 0 Å². The molecule has 3 rings (SSSR count). The zero-order chi connectivity index (χ0) is 15.1. The summed E-state index contributed by atoms with van der Waals surface area (Å²) in [5.74, 6) is 0.847. The highest BCUT2D eigenvalue weighted by Gasteiger charge is 2.42. The maximum Gasteiger partial charge on any atom is 0.255 e. The van der Waals surface area contributed by atoms with Crippen LogP contribution in [0.3, 0.4) is 0 Å². The Labute approximate surface area is 125 Å². The molecule has 5 heteroatoms. The zero-order valence-corrected chi connectivity index (χ0v) is 12.6. The van der Waals surface area contributed by atoms with Gasteiger partial charge >= 0.3 is 0 Å². The monoisotopic (exact) mass is 289 g/mol. The van der Waals surface area contributed by atoms with Crippen LogP contribution in [0.1, 0.15) is 23.2 Å². The Kier molecular flexibility index (Phi) is 3.53. The molecule has 1 aliphatic carbocycles. The smallest absolute Gasteiger partial charge is 0.255 e. The molecule has 0 bridgehead atoms. The largest absolute Gasteiger partial charge is 0.399 e. The number of amides is 1. The number of nitrogen functional groups attached to an aromatic ring is 1. The second-order valence-electron chi connectivity index (χ2n) is 6.45. The van der Waals surface area contributed by atoms with Crippen molar-refractivity contribution in [3.05, 3.63) is 23.8 Å². The number of carbonyl (C=O) groups is 1. The predicted molar refractivity (Wildman–Crippen MR) is 83.3 cm³/mol. The summed E-state index contributed by atoms with van der Waals surface area (Å²) in [5.41, 5.74) is 8.16. The molecule has 1 aromatic carbocycles. The lowest BCUT2D eigenvalue weighted by Crippen LogP contribution is -2.29. The minimum atomic E-state index is -0.200. The lowest BCUT2D eigenvalue weighted by molar-refractivity contribution is 0.0828. The van der Waals surface area contributed by atoms with Gasteiger partial charge in [-0.3, -0.25) is 4.79 Å². The number of benzene rings is 1. The van der Waals surface area contributed by atoms with E-state index in [1.807, 2.05) is 6.07 Å². The van der Waals surface area contributed by atoms with Gasteiger partial charge in [-0.2, -0.15) is 0 Å². The highest BCUT2D eigenvalue weighted by atomic mass is 16.3. The lowest BCUT2D eigenvalue weighted by Gasteiger charge is -2.24. The molecule has 1 saturated heterocycles. The summed E-state index contributed by atoms with van der Waals surface area (Å²) in [7, 11) is 3.51. The molecule has 0 aromatic heterocycles. The van der Waals surface area contributed by atoms with Crippen LogP contribution in [0.5, 0.6) is 0 Å². The molecule has 1 heterocycles. The van der Waals surface area contributed by atoms with Crippen LogP contribution >= 0.6 is 0 Å². The second-order valence-corrected chi connectivity index (χ2v) is 6.45. The van der Waals surface area contributed by atoms with E-state index in [0.717, 1.165) is 31.6 Å². The average Bonchev–Trinajstić information content (AvgIpc) is 3.00. The summed E-state index contributed by atoms with van der Waals surface area (Å²) >= 11 is 0. The quantitative estimate of drug-likeness (QED) is 0.802. The highest BCUT2D eigenvalue weighted by Crippen LogP contribution is 2.41. The van der Waals surface area contributed by atoms with Crippen molar-refractivity contribution in [3.8, 4) is 0 Å². The molecule has 1 amide bonds. The molecule has 0 spiro atoms. The summed E-state index contributed by atoms with van der Waals surface area (Å²) < 4.78 is 0. The maximum atomic E-state index is 12.4. The third-order valence-electron chi connectivity index (χ3n) is 4.82. The normalized spacial score (nSPS) is 27.8. The van der Waals surface area contributed by atoms with E-state index in [9.17, 15) is 9.90 Å². The molecular weight excluding hydrogens is 266 g/mol. The van der Waals surface area contributed by atoms with Gasteiger partial charge in [-0.05, 0) is 37.0 Å². The molecule has 5 nitrogen and oxygen atoms in total. The molecule has 114 valence electrons. The fraction of sp³-hybridized carbons (Fsp3) is 0.562. The Hall–Kier alpha value is -1.75. The minimum Gasteiger partial charge on any atom is -0.399 e. The molecule has 1 saturated carbocycles. The molecule has 21 heavy (non-hydrogen) atoms. The van der Waals surface area contributed by atoms with E-state index in [1.54, 1.807) is 31.1 Å². The number of fused-ring (bicyclic) bond motifs is 1. The number of hydrogen-bond acceptors (Lipinski definition) is 4. The summed E-state index contributed by atoms with van der Waals surface area (Å²) in [6, 6.07) is 5.45. The van der Waals surface area contributed by atoms with E-state index in [2.05, 4.69) is 4.90 Å². The average molecular weight is 289 g/mol. The summed E-state index contributed by atoms with van der Waals surface area (Å²) in [6.07, 6.45) is 1.78. The summed E-state index contributed by atoms with van der Waals surface area (Å²) in [6.45, 7) is 1.71. The van der Waals surface area contributed by atoms with Gasteiger partial charge in [0.2, 0.25) is 0 Å². The van der Waals surface area contributed by atoms with Gasteiger partial charge in [0, 0.05) is 38.8 Å². The van der Waals surface area contributed by atoms with E-state index in [0.29, 0.717) is 23.1 Å². The Morgan fingerprint density at radius 2 is 2.10 bits per heavy atom. The SMILES string of the molecule is CN(C)C(=O)c1ccc(N)cc1N1CC2CCC(O)C2C1. The van der Waals surface area contributed by atoms with Gasteiger partial charge < -0.3 is 20.6 Å². The van der Waals surface area contributed by atoms with Gasteiger partial charge in [-0.25, -0.2) is 0 Å². The number of aliphatic hydroxyl groups excluding tert-OH is 1. The molecular formula is C16H23N3O2. The van der Waals surface area contributed by atoms with Gasteiger partial charge in [0.25, 0.3) is 5.91 Å². The van der Waals surface area contributed by atoms with Crippen molar-refractivity contribution in [2.24, 2.45) is 11.8 Å². The molecule has 3 unspecified atom stereocenters. The Balaban J connectivity index is 1.91. The van der Waals surface area contributed by atoms with Gasteiger partial charge in [0.15, 0.2) is 0 Å². The van der Waals surface area contributed by atoms with Crippen LogP contribution in [0.15, 0.2) is 18.2 Å². The van der Waals surface area contributed by atoms with E-state index in [-0.39, 0.29) is 12.0 Å². The molecule has 1 aliphatic heterocycles. The molecule has 2 aliphatic rings. The van der Waals surface area contributed by atoms with Crippen molar-refractivity contribution in [1.29, 1.82) is 0 Å². The first-order valence-electron chi connectivity index (χ1n) is 7.51. The Morgan fingerprint density at radius 1 is 1.33 bits per heavy atom. The van der Waals surface area contributed by atoms with E-state index in [1.165, 1.54) is 0 Å². The minimum absolute atomic E-state index is 0.0115. The fourth-order valence-electron chi connectivity index (χ4n) is 3.67. The predicted octanol–water partition coefficient (Wildman–Crippen LogP) is 1.18. The Bertz CT molecular complexity index is 558. The van der Waals surface area contributed by atoms with Gasteiger partial charge in [0.05, 0.1) is 17.4 Å². The third kappa shape index (κ3) is 2.46. The van der Waals surface area contributed by atoms with Crippen LogP contribution in [0.2, 0.25) is 0 Å². The maximum absolute atomic E-state index is 12.4. The van der Waals surface area contributed by atoms with Gasteiger partial charge in [0.1, 0.15) is 0 Å². The molecule has 1 aromatic rings. The fourth-order valence-corrected chi connectivity index (χ4v) is 3.67. The van der Waals surface area contributed by atoms with Crippen LogP contribution in [0, 0.1) is 11.8 Å². The first-order chi connectivity index (χ1) is 9.97. The highest BCUT2D eigenvalue weighted by molar-refractivity contribution is 6.00. The lowest BCUT2D eigenvalue weighted by atomic mass is 10.00. The first-order valence-corrected chi connectivity index (χ1v) is 7.51. The van der Waals surface area contributed by atoms with E-state index in [4.69, 9.17) is 5.73 Å². The van der Waals surface area contributed by atoms with Crippen LogP contribution in [-0.4, -0.2) is 49.2 Å². The van der Waals surface area contributed by atoms with Crippen LogP contribution in [-0.2, 0) is 0 Å². The first kappa shape index (κ1) is 14.2. The molecule has 2 fully saturated rings. The number of nitrogens with two attached hydrogens (primary N) is 1. The Morgan fingerprint density at radius 3 is 2.76 bits per heavy atom. The van der Waals surface area contributed by atoms with Crippen LogP contribution in [0.25, 0.3) is 0 Å². The summed E-state index contributed by atoms with van der Waals surface area (Å²) in [5, 5.41) is 10.1. The standard InChI is InChI=1S/C16H23N3O2/c1-18(2)16(21)12-5-4-11(17)7-14(12)19-8-10-3-6-15(20)13(10)9-19/h4-5,7,10,13,15,20H,3,6,8-9,17H2,1-2H3.